The first-order valence-electron chi connectivity index (χ1n) is 5.64. The summed E-state index contributed by atoms with van der Waals surface area (Å²) in [6, 6.07) is 10.5. The number of aryl methyl sites for hydroxylation is 1. The Morgan fingerprint density at radius 1 is 1.12 bits per heavy atom. The van der Waals surface area contributed by atoms with E-state index in [0.717, 1.165) is 24.7 Å². The van der Waals surface area contributed by atoms with E-state index in [1.807, 2.05) is 19.1 Å². The van der Waals surface area contributed by atoms with E-state index >= 15 is 0 Å². The second-order valence-corrected chi connectivity index (χ2v) is 5.25. The van der Waals surface area contributed by atoms with Crippen molar-refractivity contribution >= 4 is 15.9 Å². The van der Waals surface area contributed by atoms with E-state index in [1.165, 1.54) is 16.7 Å². The molecule has 2 aromatic rings. The van der Waals surface area contributed by atoms with Crippen molar-refractivity contribution in [2.24, 2.45) is 0 Å². The molecule has 0 fully saturated rings. The Bertz CT molecular complexity index is 545. The zero-order valence-corrected chi connectivity index (χ0v) is 11.2. The predicted molar refractivity (Wildman–Crippen MR) is 69.2 cm³/mol. The summed E-state index contributed by atoms with van der Waals surface area (Å²) in [6.07, 6.45) is 0. The van der Waals surface area contributed by atoms with E-state index in [9.17, 15) is 0 Å². The van der Waals surface area contributed by atoms with E-state index < -0.39 is 0 Å². The van der Waals surface area contributed by atoms with Crippen LogP contribution in [0.1, 0.15) is 33.0 Å². The fourth-order valence-corrected chi connectivity index (χ4v) is 2.63. The predicted octanol–water partition coefficient (Wildman–Crippen LogP) is 4.10. The van der Waals surface area contributed by atoms with Crippen molar-refractivity contribution in [2.75, 3.05) is 0 Å². The molecule has 1 aliphatic rings. The fourth-order valence-electron chi connectivity index (χ4n) is 2.10. The van der Waals surface area contributed by atoms with Crippen LogP contribution in [-0.2, 0) is 18.0 Å². The largest absolute Gasteiger partial charge is 0.465 e. The average Bonchev–Trinajstić information content (AvgIpc) is 2.95. The topological polar surface area (TPSA) is 22.4 Å². The molecule has 0 N–H and O–H groups in total. The summed E-state index contributed by atoms with van der Waals surface area (Å²) in [6.45, 7) is 3.42. The lowest BCUT2D eigenvalue weighted by atomic mass is 10.0. The third-order valence-electron chi connectivity index (χ3n) is 3.05. The van der Waals surface area contributed by atoms with Gasteiger partial charge in [0.25, 0.3) is 0 Å². The summed E-state index contributed by atoms with van der Waals surface area (Å²) in [7, 11) is 0. The highest BCUT2D eigenvalue weighted by Crippen LogP contribution is 2.34. The highest BCUT2D eigenvalue weighted by molar-refractivity contribution is 9.09. The molecule has 1 aromatic carbocycles. The number of alkyl halides is 1. The Balaban J connectivity index is 1.94. The second-order valence-electron chi connectivity index (χ2n) is 4.33. The number of rotatable bonds is 2. The van der Waals surface area contributed by atoms with Gasteiger partial charge >= 0.3 is 0 Å². The van der Waals surface area contributed by atoms with Gasteiger partial charge in [-0.3, -0.25) is 0 Å². The van der Waals surface area contributed by atoms with Gasteiger partial charge in [0.05, 0.1) is 18.0 Å². The molecule has 0 bridgehead atoms. The van der Waals surface area contributed by atoms with Crippen molar-refractivity contribution < 1.29 is 9.15 Å². The number of ether oxygens (including phenoxy) is 1. The molecule has 1 unspecified atom stereocenters. The molecule has 3 rings (SSSR count). The molecular weight excluding hydrogens is 280 g/mol. The number of hydrogen-bond donors (Lipinski definition) is 0. The van der Waals surface area contributed by atoms with Crippen LogP contribution in [0.15, 0.2) is 34.7 Å². The zero-order chi connectivity index (χ0) is 11.8. The highest BCUT2D eigenvalue weighted by Gasteiger charge is 2.17. The molecule has 2 nitrogen and oxygen atoms in total. The Labute approximate surface area is 109 Å². The molecule has 2 heterocycles. The standard InChI is InChI=1S/C14H13BrO2/c1-9-2-5-13(17-9)14(15)10-3-4-11-7-16-8-12(11)6-10/h2-6,14H,7-8H2,1H3. The first kappa shape index (κ1) is 11.1. The Morgan fingerprint density at radius 3 is 2.71 bits per heavy atom. The monoisotopic (exact) mass is 292 g/mol. The van der Waals surface area contributed by atoms with Gasteiger partial charge in [0, 0.05) is 0 Å². The molecule has 0 saturated carbocycles. The van der Waals surface area contributed by atoms with E-state index in [2.05, 4.69) is 34.1 Å². The van der Waals surface area contributed by atoms with Crippen LogP contribution in [0.5, 0.6) is 0 Å². The SMILES string of the molecule is Cc1ccc(C(Br)c2ccc3c(c2)COC3)o1. The molecule has 0 spiro atoms. The highest BCUT2D eigenvalue weighted by atomic mass is 79.9. The number of halogens is 1. The molecule has 1 aliphatic heterocycles. The number of benzene rings is 1. The van der Waals surface area contributed by atoms with E-state index in [-0.39, 0.29) is 4.83 Å². The number of furan rings is 1. The van der Waals surface area contributed by atoms with E-state index in [4.69, 9.17) is 9.15 Å². The van der Waals surface area contributed by atoms with Crippen LogP contribution in [0.3, 0.4) is 0 Å². The van der Waals surface area contributed by atoms with Gasteiger partial charge in [0.15, 0.2) is 0 Å². The van der Waals surface area contributed by atoms with Gasteiger partial charge in [0.2, 0.25) is 0 Å². The Kier molecular flexibility index (Phi) is 2.81. The van der Waals surface area contributed by atoms with Crippen LogP contribution >= 0.6 is 15.9 Å². The first-order chi connectivity index (χ1) is 8.24. The van der Waals surface area contributed by atoms with Crippen LogP contribution < -0.4 is 0 Å². The third-order valence-corrected chi connectivity index (χ3v) is 4.03. The van der Waals surface area contributed by atoms with Crippen molar-refractivity contribution in [3.8, 4) is 0 Å². The average molecular weight is 293 g/mol. The van der Waals surface area contributed by atoms with Crippen LogP contribution in [0.25, 0.3) is 0 Å². The molecule has 17 heavy (non-hydrogen) atoms. The van der Waals surface area contributed by atoms with Gasteiger partial charge in [-0.2, -0.15) is 0 Å². The van der Waals surface area contributed by atoms with Crippen LogP contribution in [-0.4, -0.2) is 0 Å². The molecule has 0 radical (unpaired) electrons. The minimum atomic E-state index is 0.113. The summed E-state index contributed by atoms with van der Waals surface area (Å²) in [5.41, 5.74) is 3.79. The summed E-state index contributed by atoms with van der Waals surface area (Å²) in [5.74, 6) is 1.88. The third kappa shape index (κ3) is 2.05. The van der Waals surface area contributed by atoms with Gasteiger partial charge in [-0.1, -0.05) is 34.1 Å². The van der Waals surface area contributed by atoms with Crippen molar-refractivity contribution in [3.63, 3.8) is 0 Å². The maximum absolute atomic E-state index is 5.64. The molecule has 1 atom stereocenters. The van der Waals surface area contributed by atoms with E-state index in [0.29, 0.717) is 0 Å². The smallest absolute Gasteiger partial charge is 0.122 e. The normalized spacial score (nSPS) is 15.9. The molecule has 88 valence electrons. The van der Waals surface area contributed by atoms with Gasteiger partial charge in [-0.05, 0) is 35.7 Å². The van der Waals surface area contributed by atoms with Crippen molar-refractivity contribution in [2.45, 2.75) is 25.0 Å². The maximum Gasteiger partial charge on any atom is 0.122 e. The lowest BCUT2D eigenvalue weighted by Crippen LogP contribution is -1.93. The van der Waals surface area contributed by atoms with Crippen LogP contribution in [0.2, 0.25) is 0 Å². The van der Waals surface area contributed by atoms with Crippen molar-refractivity contribution in [1.82, 2.24) is 0 Å². The van der Waals surface area contributed by atoms with Gasteiger partial charge in [-0.25, -0.2) is 0 Å². The molecule has 0 saturated heterocycles. The molecule has 1 aromatic heterocycles. The van der Waals surface area contributed by atoms with Crippen molar-refractivity contribution in [3.05, 3.63) is 58.5 Å². The van der Waals surface area contributed by atoms with Crippen LogP contribution in [0.4, 0.5) is 0 Å². The van der Waals surface area contributed by atoms with E-state index in [1.54, 1.807) is 0 Å². The fraction of sp³-hybridized carbons (Fsp3) is 0.286. The molecule has 3 heteroatoms. The van der Waals surface area contributed by atoms with Gasteiger partial charge in [-0.15, -0.1) is 0 Å². The maximum atomic E-state index is 5.64. The number of fused-ring (bicyclic) bond motifs is 1. The summed E-state index contributed by atoms with van der Waals surface area (Å²) < 4.78 is 11.1. The first-order valence-corrected chi connectivity index (χ1v) is 6.55. The Hall–Kier alpha value is -1.06. The van der Waals surface area contributed by atoms with Gasteiger partial charge in [0.1, 0.15) is 11.5 Å². The quantitative estimate of drug-likeness (QED) is 0.778. The summed E-state index contributed by atoms with van der Waals surface area (Å²) in [4.78, 5) is 0.113. The lowest BCUT2D eigenvalue weighted by Gasteiger charge is -2.09. The van der Waals surface area contributed by atoms with Crippen LogP contribution in [0, 0.1) is 6.92 Å². The van der Waals surface area contributed by atoms with Crippen molar-refractivity contribution in [1.29, 1.82) is 0 Å². The lowest BCUT2D eigenvalue weighted by molar-refractivity contribution is 0.134. The second kappa shape index (κ2) is 4.31. The summed E-state index contributed by atoms with van der Waals surface area (Å²) in [5, 5.41) is 0. The minimum Gasteiger partial charge on any atom is -0.465 e. The Morgan fingerprint density at radius 2 is 1.94 bits per heavy atom. The molecule has 0 aliphatic carbocycles. The summed E-state index contributed by atoms with van der Waals surface area (Å²) >= 11 is 3.68. The molecular formula is C14H13BrO2. The molecule has 0 amide bonds. The van der Waals surface area contributed by atoms with Gasteiger partial charge < -0.3 is 9.15 Å². The minimum absolute atomic E-state index is 0.113. The number of hydrogen-bond acceptors (Lipinski definition) is 2. The zero-order valence-electron chi connectivity index (χ0n) is 9.57.